The third-order valence-electron chi connectivity index (χ3n) is 5.04. The lowest BCUT2D eigenvalue weighted by molar-refractivity contribution is -0.148. The zero-order chi connectivity index (χ0) is 21.0. The fraction of sp³-hybridized carbons (Fsp3) is 0.500. The van der Waals surface area contributed by atoms with Crippen LogP contribution in [0.4, 0.5) is 0 Å². The molecule has 0 radical (unpaired) electrons. The van der Waals surface area contributed by atoms with E-state index in [9.17, 15) is 24.9 Å². The van der Waals surface area contributed by atoms with Crippen molar-refractivity contribution in [1.82, 2.24) is 0 Å². The number of rotatable bonds is 5. The standard InChI is InChI=1S/C20H26O8/c1-10-6-16(27-19(25)11(2)15(24)9-22)18-12(3)20(26)28-17(18)7-13(8-21)4-5-14(10)23/h7,15-18,21-24H,2-6,8-9H2,1H3/b13-7-,14-10-/t15-,16-,17+,18+/m0/s1. The molecule has 0 amide bonds. The number of hydrogen-bond acceptors (Lipinski definition) is 8. The molecule has 0 aromatic rings. The first-order chi connectivity index (χ1) is 13.2. The molecule has 8 heteroatoms. The van der Waals surface area contributed by atoms with Gasteiger partial charge < -0.3 is 29.9 Å². The van der Waals surface area contributed by atoms with Crippen LogP contribution in [0.1, 0.15) is 26.2 Å². The van der Waals surface area contributed by atoms with E-state index in [-0.39, 0.29) is 36.4 Å². The maximum atomic E-state index is 12.4. The summed E-state index contributed by atoms with van der Waals surface area (Å²) in [5.41, 5.74) is 0.905. The first-order valence-electron chi connectivity index (χ1n) is 8.96. The summed E-state index contributed by atoms with van der Waals surface area (Å²) in [5, 5.41) is 38.5. The van der Waals surface area contributed by atoms with E-state index >= 15 is 0 Å². The summed E-state index contributed by atoms with van der Waals surface area (Å²) in [5.74, 6) is -2.21. The molecule has 4 N–H and O–H groups in total. The van der Waals surface area contributed by atoms with Crippen LogP contribution in [0.15, 0.2) is 47.3 Å². The van der Waals surface area contributed by atoms with Crippen LogP contribution in [0.25, 0.3) is 0 Å². The lowest BCUT2D eigenvalue weighted by Crippen LogP contribution is -2.35. The number of allylic oxidation sites excluding steroid dienone is 1. The minimum Gasteiger partial charge on any atom is -0.512 e. The van der Waals surface area contributed by atoms with Crippen LogP contribution in [0.2, 0.25) is 0 Å². The largest absolute Gasteiger partial charge is 0.512 e. The number of hydrogen-bond donors (Lipinski definition) is 4. The summed E-state index contributed by atoms with van der Waals surface area (Å²) < 4.78 is 10.8. The second-order valence-electron chi connectivity index (χ2n) is 7.00. The van der Waals surface area contributed by atoms with Gasteiger partial charge in [0.2, 0.25) is 0 Å². The molecule has 8 nitrogen and oxygen atoms in total. The van der Waals surface area contributed by atoms with Crippen LogP contribution in [-0.2, 0) is 19.1 Å². The van der Waals surface area contributed by atoms with Crippen LogP contribution in [-0.4, -0.2) is 63.9 Å². The number of aliphatic hydroxyl groups is 4. The Morgan fingerprint density at radius 1 is 1.39 bits per heavy atom. The SMILES string of the molecule is C=C1C(=O)O[C@@H]2/C=C(\CO)CC/C(O)=C(\C)C[C@H](OC(=O)C(=C)[C@@H](O)CO)[C@@H]12. The van der Waals surface area contributed by atoms with Gasteiger partial charge in [0.15, 0.2) is 0 Å². The Morgan fingerprint density at radius 2 is 2.07 bits per heavy atom. The highest BCUT2D eigenvalue weighted by Gasteiger charge is 2.45. The van der Waals surface area contributed by atoms with Gasteiger partial charge in [-0.15, -0.1) is 0 Å². The summed E-state index contributed by atoms with van der Waals surface area (Å²) in [6, 6.07) is 0. The van der Waals surface area contributed by atoms with E-state index in [1.807, 2.05) is 0 Å². The topological polar surface area (TPSA) is 134 Å². The van der Waals surface area contributed by atoms with Crippen LogP contribution in [0, 0.1) is 5.92 Å². The number of esters is 2. The lowest BCUT2D eigenvalue weighted by Gasteiger charge is -2.28. The van der Waals surface area contributed by atoms with Crippen molar-refractivity contribution in [3.63, 3.8) is 0 Å². The summed E-state index contributed by atoms with van der Waals surface area (Å²) in [7, 11) is 0. The van der Waals surface area contributed by atoms with Crippen LogP contribution >= 0.6 is 0 Å². The molecule has 0 spiro atoms. The van der Waals surface area contributed by atoms with Crippen LogP contribution < -0.4 is 0 Å². The van der Waals surface area contributed by atoms with Crippen molar-refractivity contribution < 1.29 is 39.5 Å². The van der Waals surface area contributed by atoms with Crippen molar-refractivity contribution >= 4 is 11.9 Å². The summed E-state index contributed by atoms with van der Waals surface area (Å²) in [6.45, 7) is 7.89. The van der Waals surface area contributed by atoms with Gasteiger partial charge >= 0.3 is 11.9 Å². The monoisotopic (exact) mass is 394 g/mol. The average molecular weight is 394 g/mol. The maximum Gasteiger partial charge on any atom is 0.336 e. The highest BCUT2D eigenvalue weighted by molar-refractivity contribution is 5.92. The molecule has 0 aromatic heterocycles. The fourth-order valence-corrected chi connectivity index (χ4v) is 3.24. The molecule has 1 heterocycles. The summed E-state index contributed by atoms with van der Waals surface area (Å²) >= 11 is 0. The molecule has 2 rings (SSSR count). The van der Waals surface area contributed by atoms with Gasteiger partial charge in [0.25, 0.3) is 0 Å². The molecule has 0 unspecified atom stereocenters. The molecule has 1 fully saturated rings. The highest BCUT2D eigenvalue weighted by Crippen LogP contribution is 2.37. The number of ether oxygens (including phenoxy) is 2. The molecule has 28 heavy (non-hydrogen) atoms. The second kappa shape index (κ2) is 9.18. The van der Waals surface area contributed by atoms with Gasteiger partial charge in [-0.25, -0.2) is 9.59 Å². The Morgan fingerprint density at radius 3 is 2.68 bits per heavy atom. The molecule has 4 atom stereocenters. The van der Waals surface area contributed by atoms with Crippen molar-refractivity contribution in [2.45, 2.75) is 44.5 Å². The number of aliphatic hydroxyl groups excluding tert-OH is 4. The van der Waals surface area contributed by atoms with Crippen molar-refractivity contribution in [2.75, 3.05) is 13.2 Å². The quantitative estimate of drug-likeness (QED) is 0.306. The Kier molecular flexibility index (Phi) is 7.17. The predicted molar refractivity (Wildman–Crippen MR) is 99.0 cm³/mol. The second-order valence-corrected chi connectivity index (χ2v) is 7.00. The van der Waals surface area contributed by atoms with E-state index in [1.54, 1.807) is 13.0 Å². The zero-order valence-electron chi connectivity index (χ0n) is 15.8. The van der Waals surface area contributed by atoms with E-state index in [1.165, 1.54) is 0 Å². The van der Waals surface area contributed by atoms with Gasteiger partial charge in [-0.1, -0.05) is 13.2 Å². The van der Waals surface area contributed by atoms with Gasteiger partial charge in [-0.2, -0.15) is 0 Å². The van der Waals surface area contributed by atoms with Crippen molar-refractivity contribution in [3.05, 3.63) is 47.3 Å². The fourth-order valence-electron chi connectivity index (χ4n) is 3.24. The summed E-state index contributed by atoms with van der Waals surface area (Å²) in [4.78, 5) is 24.5. The molecule has 1 aliphatic heterocycles. The van der Waals surface area contributed by atoms with E-state index in [0.717, 1.165) is 0 Å². The Hall–Kier alpha value is -2.42. The molecule has 0 bridgehead atoms. The highest BCUT2D eigenvalue weighted by atomic mass is 16.6. The first-order valence-corrected chi connectivity index (χ1v) is 8.96. The minimum absolute atomic E-state index is 0.101. The molecular weight excluding hydrogens is 368 g/mol. The molecule has 0 aromatic carbocycles. The first kappa shape index (κ1) is 21.9. The molecule has 154 valence electrons. The van der Waals surface area contributed by atoms with E-state index in [0.29, 0.717) is 17.6 Å². The molecule has 1 saturated heterocycles. The smallest absolute Gasteiger partial charge is 0.336 e. The Labute approximate surface area is 163 Å². The number of carbonyl (C=O) groups excluding carboxylic acids is 2. The third-order valence-corrected chi connectivity index (χ3v) is 5.04. The predicted octanol–water partition coefficient (Wildman–Crippen LogP) is 0.840. The van der Waals surface area contributed by atoms with E-state index < -0.39 is 42.8 Å². The van der Waals surface area contributed by atoms with E-state index in [2.05, 4.69) is 13.2 Å². The van der Waals surface area contributed by atoms with Crippen molar-refractivity contribution in [1.29, 1.82) is 0 Å². The molecule has 0 saturated carbocycles. The Bertz CT molecular complexity index is 732. The van der Waals surface area contributed by atoms with Gasteiger partial charge in [-0.3, -0.25) is 0 Å². The number of fused-ring (bicyclic) bond motifs is 1. The number of carbonyl (C=O) groups is 2. The van der Waals surface area contributed by atoms with Crippen LogP contribution in [0.3, 0.4) is 0 Å². The van der Waals surface area contributed by atoms with Gasteiger partial charge in [-0.05, 0) is 30.6 Å². The molecule has 1 aliphatic carbocycles. The van der Waals surface area contributed by atoms with E-state index in [4.69, 9.17) is 14.6 Å². The third kappa shape index (κ3) is 4.70. The average Bonchev–Trinajstić information content (AvgIpc) is 2.95. The van der Waals surface area contributed by atoms with Crippen molar-refractivity contribution in [2.24, 2.45) is 5.92 Å². The van der Waals surface area contributed by atoms with Crippen molar-refractivity contribution in [3.8, 4) is 0 Å². The molecule has 2 aliphatic rings. The van der Waals surface area contributed by atoms with Crippen LogP contribution in [0.5, 0.6) is 0 Å². The Balaban J connectivity index is 2.42. The zero-order valence-corrected chi connectivity index (χ0v) is 15.8. The summed E-state index contributed by atoms with van der Waals surface area (Å²) in [6.07, 6.45) is -0.831. The normalized spacial score (nSPS) is 31.3. The van der Waals surface area contributed by atoms with Gasteiger partial charge in [0.05, 0.1) is 30.5 Å². The lowest BCUT2D eigenvalue weighted by atomic mass is 9.85. The molecular formula is C20H26O8. The maximum absolute atomic E-state index is 12.4. The minimum atomic E-state index is -1.47. The van der Waals surface area contributed by atoms with Gasteiger partial charge in [0, 0.05) is 18.4 Å². The van der Waals surface area contributed by atoms with Gasteiger partial charge in [0.1, 0.15) is 18.3 Å².